The monoisotopic (exact) mass is 654 g/mol. The number of hydrogen-bond acceptors (Lipinski definition) is 17. The van der Waals surface area contributed by atoms with Crippen LogP contribution in [-0.4, -0.2) is 147 Å². The van der Waals surface area contributed by atoms with Gasteiger partial charge in [0.1, 0.15) is 18.5 Å². The first-order chi connectivity index (χ1) is 21.5. The Hall–Kier alpha value is -1.74. The molecule has 0 fully saturated rings. The molecule has 0 aliphatic carbocycles. The summed E-state index contributed by atoms with van der Waals surface area (Å²) in [6, 6.07) is 0. The average Bonchev–Trinajstić information content (AvgIpc) is 3.47. The minimum atomic E-state index is -2.33. The Balaban J connectivity index is 1.58. The van der Waals surface area contributed by atoms with E-state index in [2.05, 4.69) is 29.8 Å². The van der Waals surface area contributed by atoms with Gasteiger partial charge in [-0.1, -0.05) is 0 Å². The van der Waals surface area contributed by atoms with E-state index in [4.69, 9.17) is 38.7 Å². The van der Waals surface area contributed by atoms with E-state index in [0.29, 0.717) is 103 Å². The van der Waals surface area contributed by atoms with E-state index < -0.39 is 27.0 Å². The first-order valence-electron chi connectivity index (χ1n) is 14.2. The van der Waals surface area contributed by atoms with Crippen molar-refractivity contribution < 1.29 is 57.6 Å². The highest BCUT2D eigenvalue weighted by molar-refractivity contribution is 7.40. The molecule has 18 nitrogen and oxygen atoms in total. The van der Waals surface area contributed by atoms with Crippen molar-refractivity contribution in [3.05, 3.63) is 12.7 Å². The molecule has 0 amide bonds. The third-order valence-electron chi connectivity index (χ3n) is 5.86. The topological polar surface area (TPSA) is 225 Å². The van der Waals surface area contributed by atoms with Gasteiger partial charge >= 0.3 is 8.60 Å². The van der Waals surface area contributed by atoms with E-state index in [1.54, 1.807) is 0 Å². The van der Waals surface area contributed by atoms with Crippen molar-refractivity contribution in [2.75, 3.05) is 105 Å². The molecule has 19 heteroatoms. The molecule has 0 saturated carbocycles. The zero-order chi connectivity index (χ0) is 31.8. The van der Waals surface area contributed by atoms with Crippen molar-refractivity contribution in [1.82, 2.24) is 19.5 Å². The number of rotatable bonds is 29. The van der Waals surface area contributed by atoms with Gasteiger partial charge in [-0.05, 0) is 19.4 Å². The molecule has 2 aromatic heterocycles. The number of nitrogens with one attached hydrogen (secondary N) is 1. The van der Waals surface area contributed by atoms with Crippen LogP contribution in [0.2, 0.25) is 0 Å². The summed E-state index contributed by atoms with van der Waals surface area (Å²) < 4.78 is 43.3. The maximum atomic E-state index is 10.8. The maximum absolute atomic E-state index is 10.8. The third kappa shape index (κ3) is 15.0. The highest BCUT2D eigenvalue weighted by atomic mass is 31.2. The lowest BCUT2D eigenvalue weighted by Gasteiger charge is -2.26. The van der Waals surface area contributed by atoms with Crippen molar-refractivity contribution >= 4 is 25.6 Å². The van der Waals surface area contributed by atoms with Gasteiger partial charge in [-0.2, -0.15) is 4.67 Å². The molecule has 2 rings (SSSR count). The normalized spacial score (nSPS) is 14.6. The molecule has 0 aliphatic heterocycles. The van der Waals surface area contributed by atoms with E-state index in [0.717, 1.165) is 6.42 Å². The van der Waals surface area contributed by atoms with Crippen LogP contribution >= 0.6 is 8.60 Å². The van der Waals surface area contributed by atoms with Crippen LogP contribution in [0.4, 0.5) is 5.82 Å². The molecule has 2 heterocycles. The van der Waals surface area contributed by atoms with Gasteiger partial charge in [0.25, 0.3) is 0 Å². The highest BCUT2D eigenvalue weighted by Gasteiger charge is 2.30. The summed E-state index contributed by atoms with van der Waals surface area (Å²) in [5.74, 6) is 0.467. The van der Waals surface area contributed by atoms with Crippen LogP contribution in [0.1, 0.15) is 19.1 Å². The van der Waals surface area contributed by atoms with Gasteiger partial charge in [0.15, 0.2) is 23.2 Å². The minimum Gasteiger partial charge on any atom is -0.386 e. The summed E-state index contributed by atoms with van der Waals surface area (Å²) in [5, 5.41) is 24.6. The minimum absolute atomic E-state index is 0.277. The molecule has 0 spiro atoms. The Morgan fingerprint density at radius 3 is 2.02 bits per heavy atom. The molecular formula is C25H47N6O12P. The molecule has 0 bridgehead atoms. The van der Waals surface area contributed by atoms with Crippen LogP contribution in [0.25, 0.3) is 11.2 Å². The average molecular weight is 655 g/mol. The molecule has 4 unspecified atom stereocenters. The Morgan fingerprint density at radius 1 is 0.864 bits per heavy atom. The lowest BCUT2D eigenvalue weighted by molar-refractivity contribution is -0.190. The van der Waals surface area contributed by atoms with Gasteiger partial charge in [-0.25, -0.2) is 19.8 Å². The fourth-order valence-corrected chi connectivity index (χ4v) is 4.05. The summed E-state index contributed by atoms with van der Waals surface area (Å²) >= 11 is 0. The van der Waals surface area contributed by atoms with Crippen molar-refractivity contribution in [3.8, 4) is 0 Å². The van der Waals surface area contributed by atoms with Gasteiger partial charge in [-0.3, -0.25) is 4.57 Å². The number of nitrogens with zero attached hydrogens (tertiary/aromatic N) is 4. The number of aromatic nitrogens is 4. The van der Waals surface area contributed by atoms with E-state index in [9.17, 15) is 15.1 Å². The Labute approximate surface area is 257 Å². The SMILES string of the molecule is COOP(O)OCC(OC)C(O)C(O)n1cnc2c(NCCCOCCOCCOCCOCCOCCCN)ncnc21. The molecule has 6 N–H and O–H groups in total. The molecule has 44 heavy (non-hydrogen) atoms. The molecular weight excluding hydrogens is 607 g/mol. The molecule has 0 radical (unpaired) electrons. The lowest BCUT2D eigenvalue weighted by Crippen LogP contribution is -2.39. The van der Waals surface area contributed by atoms with Gasteiger partial charge in [0, 0.05) is 26.9 Å². The molecule has 254 valence electrons. The zero-order valence-corrected chi connectivity index (χ0v) is 26.2. The van der Waals surface area contributed by atoms with E-state index >= 15 is 0 Å². The number of anilines is 1. The van der Waals surface area contributed by atoms with E-state index in [1.165, 1.54) is 31.4 Å². The lowest BCUT2D eigenvalue weighted by atomic mass is 10.2. The quantitative estimate of drug-likeness (QED) is 0.0330. The summed E-state index contributed by atoms with van der Waals surface area (Å²) in [6.45, 7) is 6.06. The number of aliphatic hydroxyl groups excluding tert-OH is 2. The van der Waals surface area contributed by atoms with Crippen LogP contribution in [0.15, 0.2) is 12.7 Å². The van der Waals surface area contributed by atoms with Crippen molar-refractivity contribution in [3.63, 3.8) is 0 Å². The number of imidazole rings is 1. The molecule has 2 aromatic rings. The van der Waals surface area contributed by atoms with Crippen molar-refractivity contribution in [2.24, 2.45) is 5.73 Å². The number of nitrogens with two attached hydrogens (primary N) is 1. The van der Waals surface area contributed by atoms with Crippen LogP contribution < -0.4 is 11.1 Å². The second-order valence-electron chi connectivity index (χ2n) is 8.98. The van der Waals surface area contributed by atoms with Gasteiger partial charge in [-0.15, -0.1) is 0 Å². The highest BCUT2D eigenvalue weighted by Crippen LogP contribution is 2.33. The number of ether oxygens (including phenoxy) is 6. The van der Waals surface area contributed by atoms with Crippen LogP contribution in [0, 0.1) is 0 Å². The first-order valence-corrected chi connectivity index (χ1v) is 15.4. The standard InChI is InChI=1S/C25H47N6O12P/c1-35-20(17-42-44(34)43-36-2)22(32)25(33)31-19-30-21-23(28-18-29-24(21)31)27-6-4-8-38-10-12-40-14-16-41-15-13-39-11-9-37-7-3-5-26/h18-20,22,25,32-34H,3-17,26H2,1-2H3,(H,27,28,29). The first kappa shape index (κ1) is 38.4. The number of aliphatic hydroxyl groups is 2. The predicted octanol–water partition coefficient (Wildman–Crippen LogP) is -0.259. The maximum Gasteiger partial charge on any atom is 0.360 e. The van der Waals surface area contributed by atoms with Crippen molar-refractivity contribution in [1.29, 1.82) is 0 Å². The van der Waals surface area contributed by atoms with Gasteiger partial charge < -0.3 is 59.1 Å². The van der Waals surface area contributed by atoms with E-state index in [-0.39, 0.29) is 6.61 Å². The molecule has 0 saturated heterocycles. The Morgan fingerprint density at radius 2 is 1.45 bits per heavy atom. The Bertz CT molecular complexity index is 983. The fourth-order valence-electron chi connectivity index (χ4n) is 3.61. The van der Waals surface area contributed by atoms with Crippen LogP contribution in [-0.2, 0) is 42.5 Å². The molecule has 0 aliphatic rings. The molecule has 0 aromatic carbocycles. The van der Waals surface area contributed by atoms with Gasteiger partial charge in [0.05, 0.1) is 72.9 Å². The summed E-state index contributed by atoms with van der Waals surface area (Å²) in [6.07, 6.45) is 0.269. The second-order valence-corrected chi connectivity index (χ2v) is 9.87. The second kappa shape index (κ2) is 24.5. The van der Waals surface area contributed by atoms with E-state index in [1.807, 2.05) is 0 Å². The fraction of sp³-hybridized carbons (Fsp3) is 0.800. The summed E-state index contributed by atoms with van der Waals surface area (Å²) in [7, 11) is 0.209. The number of hydrogen-bond donors (Lipinski definition) is 5. The zero-order valence-electron chi connectivity index (χ0n) is 25.3. The summed E-state index contributed by atoms with van der Waals surface area (Å²) in [4.78, 5) is 26.6. The summed E-state index contributed by atoms with van der Waals surface area (Å²) in [5.41, 5.74) is 6.10. The largest absolute Gasteiger partial charge is 0.386 e. The van der Waals surface area contributed by atoms with Gasteiger partial charge in [0.2, 0.25) is 0 Å². The molecule has 4 atom stereocenters. The number of fused-ring (bicyclic) bond motifs is 1. The number of methoxy groups -OCH3 is 1. The Kier molecular flexibility index (Phi) is 21.4. The van der Waals surface area contributed by atoms with Crippen LogP contribution in [0.5, 0.6) is 0 Å². The van der Waals surface area contributed by atoms with Crippen molar-refractivity contribution in [2.45, 2.75) is 31.3 Å². The smallest absolute Gasteiger partial charge is 0.360 e. The third-order valence-corrected chi connectivity index (χ3v) is 6.51. The predicted molar refractivity (Wildman–Crippen MR) is 157 cm³/mol. The van der Waals surface area contributed by atoms with Crippen LogP contribution in [0.3, 0.4) is 0 Å².